The van der Waals surface area contributed by atoms with Crippen LogP contribution in [0.4, 0.5) is 17.2 Å². The lowest BCUT2D eigenvalue weighted by atomic mass is 9.85. The number of nitrogens with zero attached hydrogens (tertiary/aromatic N) is 6. The normalized spacial score (nSPS) is 18.0. The van der Waals surface area contributed by atoms with Gasteiger partial charge in [-0.25, -0.2) is 4.98 Å². The molecule has 2 aromatic heterocycles. The second-order valence-electron chi connectivity index (χ2n) is 16.3. The number of phenols is 1. The van der Waals surface area contributed by atoms with Crippen LogP contribution >= 0.6 is 11.3 Å². The first-order chi connectivity index (χ1) is 28.2. The Balaban J connectivity index is 0.996. The summed E-state index contributed by atoms with van der Waals surface area (Å²) in [6.45, 7) is 12.0. The zero-order chi connectivity index (χ0) is 42.0. The van der Waals surface area contributed by atoms with Crippen LogP contribution in [0.3, 0.4) is 0 Å². The lowest BCUT2D eigenvalue weighted by molar-refractivity contribution is -0.142. The van der Waals surface area contributed by atoms with Gasteiger partial charge in [-0.15, -0.1) is 21.5 Å². The predicted molar refractivity (Wildman–Crippen MR) is 230 cm³/mol. The molecule has 6 N–H and O–H groups in total. The van der Waals surface area contributed by atoms with E-state index in [1.807, 2.05) is 94.7 Å². The fraction of sp³-hybridized carbons (Fsp3) is 0.364. The highest BCUT2D eigenvalue weighted by Crippen LogP contribution is 2.33. The van der Waals surface area contributed by atoms with Crippen molar-refractivity contribution >= 4 is 46.3 Å². The quantitative estimate of drug-likeness (QED) is 0.125. The van der Waals surface area contributed by atoms with Gasteiger partial charge in [-0.2, -0.15) is 0 Å². The molecule has 4 heterocycles. The van der Waals surface area contributed by atoms with Gasteiger partial charge in [-0.1, -0.05) is 63.2 Å². The van der Waals surface area contributed by atoms with Gasteiger partial charge in [0.25, 0.3) is 5.91 Å². The fourth-order valence-corrected chi connectivity index (χ4v) is 8.56. The third kappa shape index (κ3) is 9.00. The summed E-state index contributed by atoms with van der Waals surface area (Å²) in [5, 5.41) is 35.5. The number of hydrogen-bond acceptors (Lipinski definition) is 12. The molecule has 0 spiro atoms. The van der Waals surface area contributed by atoms with E-state index in [0.29, 0.717) is 48.8 Å². The number of β-amino-alcohol motifs (C(OH)–C–C–N with tert-alkyl or cyclic N) is 1. The number of aromatic hydroxyl groups is 1. The Morgan fingerprint density at radius 3 is 2.31 bits per heavy atom. The summed E-state index contributed by atoms with van der Waals surface area (Å²) >= 11 is 1.58. The molecule has 2 aliphatic rings. The first-order valence-corrected chi connectivity index (χ1v) is 20.7. The molecule has 2 aliphatic heterocycles. The minimum absolute atomic E-state index is 0.0185. The third-order valence-corrected chi connectivity index (χ3v) is 12.1. The standard InChI is InChI=1S/C44H51N9O5S/c1-26(28-13-15-29(16-14-28)38-27(2)46-25-59-38)47-42(57)36-22-32(54)24-53(36)43(58)39(44(3,4)5)48-41(56)30-9-8-10-31(21-30)51-17-19-52(20-18-51)35-23-34(49-50-40(35)45)33-11-6-7-12-37(33)55/h6-16,21,23,25-26,32,36,39,54-55H,17-20,22,24H2,1-5H3,(H2,45,50)(H,47,57)(H,48,56)/t26-,32+,36-,39+/m0/s1. The molecule has 7 rings (SSSR count). The largest absolute Gasteiger partial charge is 0.507 e. The lowest BCUT2D eigenvalue weighted by Gasteiger charge is -2.38. The second-order valence-corrected chi connectivity index (χ2v) is 17.2. The number of benzene rings is 3. The molecule has 59 heavy (non-hydrogen) atoms. The van der Waals surface area contributed by atoms with Crippen LogP contribution in [0.1, 0.15) is 61.8 Å². The molecule has 3 aromatic carbocycles. The molecule has 0 saturated carbocycles. The number of hydrogen-bond donors (Lipinski definition) is 5. The molecule has 2 fully saturated rings. The molecule has 0 unspecified atom stereocenters. The zero-order valence-electron chi connectivity index (χ0n) is 33.9. The van der Waals surface area contributed by atoms with Gasteiger partial charge in [0.2, 0.25) is 11.8 Å². The number of rotatable bonds is 10. The van der Waals surface area contributed by atoms with Crippen molar-refractivity contribution < 1.29 is 24.6 Å². The average Bonchev–Trinajstić information content (AvgIpc) is 3.85. The van der Waals surface area contributed by atoms with E-state index in [2.05, 4.69) is 35.6 Å². The number of nitrogen functional groups attached to an aromatic ring is 1. The Morgan fingerprint density at radius 2 is 1.63 bits per heavy atom. The van der Waals surface area contributed by atoms with E-state index < -0.39 is 35.4 Å². The Morgan fingerprint density at radius 1 is 0.915 bits per heavy atom. The highest BCUT2D eigenvalue weighted by atomic mass is 32.1. The number of piperazine rings is 1. The molecular weight excluding hydrogens is 767 g/mol. The zero-order valence-corrected chi connectivity index (χ0v) is 34.7. The highest BCUT2D eigenvalue weighted by molar-refractivity contribution is 7.13. The second kappa shape index (κ2) is 17.0. The minimum atomic E-state index is -0.981. The van der Waals surface area contributed by atoms with Gasteiger partial charge in [-0.3, -0.25) is 14.4 Å². The van der Waals surface area contributed by atoms with E-state index in [4.69, 9.17) is 5.73 Å². The fourth-order valence-electron chi connectivity index (χ4n) is 7.75. The van der Waals surface area contributed by atoms with Crippen molar-refractivity contribution in [3.63, 3.8) is 0 Å². The van der Waals surface area contributed by atoms with Crippen LogP contribution < -0.4 is 26.2 Å². The molecule has 5 aromatic rings. The van der Waals surface area contributed by atoms with Crippen LogP contribution in [0, 0.1) is 12.3 Å². The summed E-state index contributed by atoms with van der Waals surface area (Å²) in [6, 6.07) is 21.8. The molecule has 0 radical (unpaired) electrons. The van der Waals surface area contributed by atoms with Gasteiger partial charge < -0.3 is 41.3 Å². The Bertz CT molecular complexity index is 2320. The number of amides is 3. The van der Waals surface area contributed by atoms with E-state index in [1.54, 1.807) is 35.6 Å². The van der Waals surface area contributed by atoms with E-state index in [0.717, 1.165) is 33.1 Å². The van der Waals surface area contributed by atoms with Crippen molar-refractivity contribution in [1.82, 2.24) is 30.7 Å². The number of aliphatic hydroxyl groups excluding tert-OH is 1. The summed E-state index contributed by atoms with van der Waals surface area (Å²) in [4.78, 5) is 53.2. The van der Waals surface area contributed by atoms with Crippen molar-refractivity contribution in [3.05, 3.63) is 101 Å². The number of thiazole rings is 1. The number of phenolic OH excluding ortho intramolecular Hbond substituents is 1. The summed E-state index contributed by atoms with van der Waals surface area (Å²) in [7, 11) is 0. The highest BCUT2D eigenvalue weighted by Gasteiger charge is 2.45. The maximum atomic E-state index is 14.3. The van der Waals surface area contributed by atoms with Crippen LogP contribution in [0.15, 0.2) is 84.4 Å². The third-order valence-electron chi connectivity index (χ3n) is 11.1. The average molecular weight is 818 g/mol. The van der Waals surface area contributed by atoms with Crippen molar-refractivity contribution in [2.45, 2.75) is 65.3 Å². The van der Waals surface area contributed by atoms with Crippen LogP contribution in [0.5, 0.6) is 5.75 Å². The van der Waals surface area contributed by atoms with Crippen LogP contribution in [0.2, 0.25) is 0 Å². The number of aryl methyl sites for hydroxylation is 1. The first kappa shape index (κ1) is 41.1. The van der Waals surface area contributed by atoms with Crippen molar-refractivity contribution in [1.29, 1.82) is 0 Å². The van der Waals surface area contributed by atoms with Crippen LogP contribution in [0.25, 0.3) is 21.7 Å². The van der Waals surface area contributed by atoms with Gasteiger partial charge in [0, 0.05) is 56.0 Å². The van der Waals surface area contributed by atoms with Crippen molar-refractivity contribution in [2.75, 3.05) is 48.3 Å². The molecule has 2 saturated heterocycles. The number of carbonyl (C=O) groups excluding carboxylic acids is 3. The number of likely N-dealkylation sites (tertiary alicyclic amines) is 1. The lowest BCUT2D eigenvalue weighted by Crippen LogP contribution is -2.57. The number of carbonyl (C=O) groups is 3. The van der Waals surface area contributed by atoms with Gasteiger partial charge in [0.1, 0.15) is 17.8 Å². The van der Waals surface area contributed by atoms with E-state index in [9.17, 15) is 24.6 Å². The Hall–Kier alpha value is -6.06. The minimum Gasteiger partial charge on any atom is -0.507 e. The monoisotopic (exact) mass is 817 g/mol. The summed E-state index contributed by atoms with van der Waals surface area (Å²) in [5.74, 6) is -0.805. The van der Waals surface area contributed by atoms with Gasteiger partial charge in [0.15, 0.2) is 5.82 Å². The summed E-state index contributed by atoms with van der Waals surface area (Å²) in [5.41, 5.74) is 13.4. The molecule has 0 aliphatic carbocycles. The molecule has 4 atom stereocenters. The Kier molecular flexibility index (Phi) is 11.9. The predicted octanol–water partition coefficient (Wildman–Crippen LogP) is 5.17. The summed E-state index contributed by atoms with van der Waals surface area (Å²) < 4.78 is 0. The molecular formula is C44H51N9O5S. The number of para-hydroxylation sites is 1. The Labute approximate surface area is 348 Å². The number of aliphatic hydroxyl groups is 1. The SMILES string of the molecule is Cc1ncsc1-c1ccc([C@H](C)NC(=O)[C@@H]2C[C@@H](O)CN2C(=O)[C@@H](NC(=O)c2cccc(N3CCN(c4cc(-c5ccccc5O)nnc4N)CC3)c2)C(C)(C)C)cc1. The number of anilines is 3. The van der Waals surface area contributed by atoms with E-state index in [1.165, 1.54) is 4.90 Å². The maximum Gasteiger partial charge on any atom is 0.252 e. The number of nitrogens with one attached hydrogen (secondary N) is 2. The van der Waals surface area contributed by atoms with Gasteiger partial charge in [-0.05, 0) is 66.8 Å². The molecule has 0 bridgehead atoms. The number of nitrogens with two attached hydrogens (primary N) is 1. The van der Waals surface area contributed by atoms with Crippen LogP contribution in [-0.4, -0.2) is 98.9 Å². The smallest absolute Gasteiger partial charge is 0.252 e. The number of aromatic nitrogens is 3. The van der Waals surface area contributed by atoms with E-state index in [-0.39, 0.29) is 30.7 Å². The van der Waals surface area contributed by atoms with Gasteiger partial charge in [0.05, 0.1) is 39.6 Å². The topological polar surface area (TPSA) is 190 Å². The van der Waals surface area contributed by atoms with Crippen LogP contribution in [-0.2, 0) is 9.59 Å². The molecule has 3 amide bonds. The van der Waals surface area contributed by atoms with E-state index >= 15 is 0 Å². The molecule has 15 heteroatoms. The summed E-state index contributed by atoms with van der Waals surface area (Å²) in [6.07, 6.45) is -0.790. The maximum absolute atomic E-state index is 14.3. The van der Waals surface area contributed by atoms with Gasteiger partial charge >= 0.3 is 0 Å². The molecule has 308 valence electrons. The van der Waals surface area contributed by atoms with Crippen molar-refractivity contribution in [2.24, 2.45) is 5.41 Å². The van der Waals surface area contributed by atoms with Crippen molar-refractivity contribution in [3.8, 4) is 27.4 Å². The molecule has 14 nitrogen and oxygen atoms in total. The first-order valence-electron chi connectivity index (χ1n) is 19.8.